The number of aliphatic hydroxyl groups excluding tert-OH is 1. The number of hydrogen-bond donors (Lipinski definition) is 7. The summed E-state index contributed by atoms with van der Waals surface area (Å²) in [6, 6.07) is -1.81. The van der Waals surface area contributed by atoms with Gasteiger partial charge in [0.1, 0.15) is 48.3 Å². The van der Waals surface area contributed by atoms with Gasteiger partial charge in [0.05, 0.1) is 31.2 Å². The largest absolute Gasteiger partial charge is 0.391 e. The molecule has 0 radical (unpaired) electrons. The van der Waals surface area contributed by atoms with E-state index in [0.717, 1.165) is 4.90 Å². The minimum absolute atomic E-state index is 0.00301. The van der Waals surface area contributed by atoms with Crippen LogP contribution in [0.25, 0.3) is 0 Å². The van der Waals surface area contributed by atoms with Crippen LogP contribution in [0.15, 0.2) is 30.3 Å². The van der Waals surface area contributed by atoms with Gasteiger partial charge < -0.3 is 61.5 Å². The molecular formula is C62H104N12O13. The summed E-state index contributed by atoms with van der Waals surface area (Å²) in [6.07, 6.45) is -0.885. The Kier molecular flexibility index (Phi) is 30.7. The van der Waals surface area contributed by atoms with Gasteiger partial charge in [0, 0.05) is 60.7 Å². The predicted octanol–water partition coefficient (Wildman–Crippen LogP) is 0.557. The van der Waals surface area contributed by atoms with Crippen LogP contribution < -0.4 is 31.9 Å². The minimum Gasteiger partial charge on any atom is -0.391 e. The van der Waals surface area contributed by atoms with Crippen molar-refractivity contribution in [3.63, 3.8) is 0 Å². The number of ketones is 1. The average Bonchev–Trinajstić information content (AvgIpc) is 3.01. The van der Waals surface area contributed by atoms with Crippen molar-refractivity contribution in [3.8, 4) is 0 Å². The van der Waals surface area contributed by atoms with Crippen molar-refractivity contribution in [3.05, 3.63) is 35.9 Å². The first-order chi connectivity index (χ1) is 40.3. The van der Waals surface area contributed by atoms with Gasteiger partial charge in [-0.2, -0.15) is 0 Å². The van der Waals surface area contributed by atoms with E-state index in [4.69, 9.17) is 0 Å². The summed E-state index contributed by atoms with van der Waals surface area (Å²) in [7, 11) is 8.61. The normalized spacial score (nSPS) is 27.6. The fourth-order valence-corrected chi connectivity index (χ4v) is 10.4. The Hall–Kier alpha value is -7.02. The molecule has 7 N–H and O–H groups in total. The second-order valence-corrected chi connectivity index (χ2v) is 25.5. The Bertz CT molecular complexity index is 2550. The van der Waals surface area contributed by atoms with Gasteiger partial charge >= 0.3 is 0 Å². The van der Waals surface area contributed by atoms with Crippen LogP contribution in [0.3, 0.4) is 0 Å². The zero-order chi connectivity index (χ0) is 66.6. The molecule has 1 aromatic carbocycles. The number of amides is 11. The lowest BCUT2D eigenvalue weighted by molar-refractivity contribution is -0.148. The maximum atomic E-state index is 14.5. The average molecular weight is 1230 g/mol. The number of carbonyl (C=O) groups excluding carboxylic acids is 12. The maximum Gasteiger partial charge on any atom is 0.248 e. The number of carbonyl (C=O) groups is 12. The maximum absolute atomic E-state index is 14.5. The molecule has 25 nitrogen and oxygen atoms in total. The molecule has 87 heavy (non-hydrogen) atoms. The molecule has 0 aliphatic carbocycles. The smallest absolute Gasteiger partial charge is 0.248 e. The topological polar surface area (TPSA) is 317 Å². The quantitative estimate of drug-likeness (QED) is 0.169. The van der Waals surface area contributed by atoms with Gasteiger partial charge in [-0.15, -0.1) is 0 Å². The third kappa shape index (κ3) is 23.2. The third-order valence-corrected chi connectivity index (χ3v) is 15.7. The highest BCUT2D eigenvalue weighted by Crippen LogP contribution is 2.19. The summed E-state index contributed by atoms with van der Waals surface area (Å²) in [6.45, 7) is 22.4. The lowest BCUT2D eigenvalue weighted by Gasteiger charge is -2.35. The first-order valence-corrected chi connectivity index (χ1v) is 30.4. The standard InChI is InChI=1S/C62H104N12O13/c1-34(2)26-45-55(80)65-40(11)58(83)71(17)42(13)60(85)72(18)47(27-35(3)4)49(76)32-69(15)31-39(10)54(79)68-51(43(14)75)62(87)70(16)33-50(77)66-46(29-44-24-22-21-23-25-44)61(86)74(20)52(37(7)8)57(82)63-30-38(9)53(78)64-41(12)59(84)73(19)48(28-36(5)6)56(81)67-45/h21-25,34-43,45-48,51-52,75H,26-33H2,1-20H3,(H,63,82)(H,64,78)(H,65,80)(H,66,77)(H,67,81)(H,68,79)/t38-,39-,40+,41+,42-,43-,45+,46+,47+,48+,51+,52+/m1/s1. The van der Waals surface area contributed by atoms with E-state index >= 15 is 0 Å². The van der Waals surface area contributed by atoms with E-state index in [9.17, 15) is 62.6 Å². The third-order valence-electron chi connectivity index (χ3n) is 15.7. The molecule has 0 bridgehead atoms. The molecule has 0 saturated carbocycles. The van der Waals surface area contributed by atoms with Gasteiger partial charge in [-0.05, 0) is 83.2 Å². The minimum atomic E-state index is -1.52. The van der Waals surface area contributed by atoms with Crippen LogP contribution >= 0.6 is 0 Å². The Morgan fingerprint density at radius 3 is 1.53 bits per heavy atom. The second kappa shape index (κ2) is 35.1. The first kappa shape index (κ1) is 76.1. The van der Waals surface area contributed by atoms with E-state index in [1.54, 1.807) is 63.1 Å². The van der Waals surface area contributed by atoms with Crippen LogP contribution in [0.1, 0.15) is 122 Å². The highest BCUT2D eigenvalue weighted by Gasteiger charge is 2.40. The van der Waals surface area contributed by atoms with Crippen molar-refractivity contribution in [2.75, 3.05) is 68.5 Å². The van der Waals surface area contributed by atoms with Gasteiger partial charge in [-0.1, -0.05) is 99.6 Å². The van der Waals surface area contributed by atoms with Crippen molar-refractivity contribution in [1.82, 2.24) is 61.3 Å². The molecule has 0 spiro atoms. The first-order valence-electron chi connectivity index (χ1n) is 30.4. The molecule has 0 unspecified atom stereocenters. The van der Waals surface area contributed by atoms with Gasteiger partial charge in [0.2, 0.25) is 65.0 Å². The number of hydrogen-bond acceptors (Lipinski definition) is 14. The van der Waals surface area contributed by atoms with E-state index in [1.165, 1.54) is 89.5 Å². The summed E-state index contributed by atoms with van der Waals surface area (Å²) in [5, 5.41) is 27.1. The lowest BCUT2D eigenvalue weighted by atomic mass is 9.97. The molecule has 0 aromatic heterocycles. The highest BCUT2D eigenvalue weighted by molar-refractivity contribution is 5.98. The molecule has 1 aliphatic rings. The zero-order valence-corrected chi connectivity index (χ0v) is 55.3. The second-order valence-electron chi connectivity index (χ2n) is 25.5. The van der Waals surface area contributed by atoms with Crippen LogP contribution in [-0.2, 0) is 64.0 Å². The van der Waals surface area contributed by atoms with Crippen molar-refractivity contribution in [2.24, 2.45) is 35.5 Å². The highest BCUT2D eigenvalue weighted by atomic mass is 16.3. The molecule has 2 rings (SSSR count). The van der Waals surface area contributed by atoms with Crippen LogP contribution in [0.2, 0.25) is 0 Å². The molecule has 11 amide bonds. The molecule has 1 aromatic rings. The Balaban J connectivity index is 2.68. The lowest BCUT2D eigenvalue weighted by Crippen LogP contribution is -2.59. The summed E-state index contributed by atoms with van der Waals surface area (Å²) in [5.74, 6) is -10.2. The Morgan fingerprint density at radius 1 is 0.494 bits per heavy atom. The van der Waals surface area contributed by atoms with Crippen LogP contribution in [0.4, 0.5) is 0 Å². The number of aliphatic hydroxyl groups is 1. The molecule has 1 heterocycles. The fraction of sp³-hybridized carbons (Fsp3) is 0.710. The van der Waals surface area contributed by atoms with Gasteiger partial charge in [0.25, 0.3) is 0 Å². The number of nitrogens with zero attached hydrogens (tertiary/aromatic N) is 6. The Morgan fingerprint density at radius 2 is 1.00 bits per heavy atom. The number of Topliss-reactive ketones (excluding diaryl/α,β-unsaturated/α-hetero) is 1. The molecular weight excluding hydrogens is 1120 g/mol. The summed E-state index contributed by atoms with van der Waals surface area (Å²) < 4.78 is 0. The van der Waals surface area contributed by atoms with E-state index in [1.807, 2.05) is 41.5 Å². The van der Waals surface area contributed by atoms with E-state index in [-0.39, 0.29) is 68.9 Å². The fourth-order valence-electron chi connectivity index (χ4n) is 10.4. The van der Waals surface area contributed by atoms with E-state index in [0.29, 0.717) is 5.56 Å². The number of benzene rings is 1. The van der Waals surface area contributed by atoms with Crippen LogP contribution in [-0.4, -0.2) is 234 Å². The molecule has 1 saturated heterocycles. The van der Waals surface area contributed by atoms with Crippen molar-refractivity contribution in [1.29, 1.82) is 0 Å². The zero-order valence-electron chi connectivity index (χ0n) is 55.3. The summed E-state index contributed by atoms with van der Waals surface area (Å²) in [5.41, 5.74) is 0.664. The Labute approximate surface area is 515 Å². The SMILES string of the molecule is CC(C)C[C@@H]1NC(=O)[C@H](CC(C)C)N(C)C(=O)[C@H](C)NC(=O)[C@H](C)CNC(=O)[C@H](C(C)C)N(C)C(=O)[C@H](Cc2ccccc2)NC(=O)CN(C)C(=O)[C@H]([C@@H](C)O)NC(=O)[C@H](C)CN(C)CC(=O)[C@H](CC(C)C)N(C)C(=O)[C@@H](C)N(C)C(=O)[C@H](C)NC1=O. The molecule has 490 valence electrons. The number of nitrogens with one attached hydrogen (secondary N) is 6. The van der Waals surface area contributed by atoms with Crippen LogP contribution in [0.5, 0.6) is 0 Å². The van der Waals surface area contributed by atoms with Crippen molar-refractivity contribution < 1.29 is 62.6 Å². The van der Waals surface area contributed by atoms with Gasteiger partial charge in [0.15, 0.2) is 5.78 Å². The van der Waals surface area contributed by atoms with Crippen molar-refractivity contribution in [2.45, 2.75) is 183 Å². The van der Waals surface area contributed by atoms with Crippen molar-refractivity contribution >= 4 is 70.8 Å². The summed E-state index contributed by atoms with van der Waals surface area (Å²) >= 11 is 0. The van der Waals surface area contributed by atoms with Gasteiger partial charge in [-0.25, -0.2) is 0 Å². The van der Waals surface area contributed by atoms with Crippen LogP contribution in [0, 0.1) is 35.5 Å². The molecule has 25 heteroatoms. The van der Waals surface area contributed by atoms with E-state index < -0.39 is 150 Å². The molecule has 1 aliphatic heterocycles. The molecule has 12 atom stereocenters. The van der Waals surface area contributed by atoms with Gasteiger partial charge in [-0.3, -0.25) is 62.4 Å². The summed E-state index contributed by atoms with van der Waals surface area (Å²) in [4.78, 5) is 176. The predicted molar refractivity (Wildman–Crippen MR) is 329 cm³/mol. The monoisotopic (exact) mass is 1220 g/mol. The number of likely N-dealkylation sites (N-methyl/N-ethyl adjacent to an activating group) is 6. The van der Waals surface area contributed by atoms with E-state index in [2.05, 4.69) is 31.9 Å². The number of rotatable bonds is 10. The molecule has 1 fully saturated rings.